The second-order valence-electron chi connectivity index (χ2n) is 5.54. The molecule has 1 unspecified atom stereocenters. The van der Waals surface area contributed by atoms with Crippen LogP contribution in [0.15, 0.2) is 0 Å². The summed E-state index contributed by atoms with van der Waals surface area (Å²) in [5.41, 5.74) is 0.00950. The number of ether oxygens (including phenoxy) is 1. The number of hydrogen-bond donors (Lipinski definition) is 0. The van der Waals surface area contributed by atoms with E-state index in [2.05, 4.69) is 53.4 Å². The van der Waals surface area contributed by atoms with Gasteiger partial charge < -0.3 is 9.64 Å². The monoisotopic (exact) mass is 229 g/mol. The Morgan fingerprint density at radius 1 is 1.06 bits per heavy atom. The molecule has 0 fully saturated rings. The van der Waals surface area contributed by atoms with E-state index in [1.165, 1.54) is 6.42 Å². The van der Waals surface area contributed by atoms with Crippen LogP contribution in [0, 0.1) is 0 Å². The molecule has 0 rings (SSSR count). The van der Waals surface area contributed by atoms with E-state index < -0.39 is 0 Å². The predicted molar refractivity (Wildman–Crippen MR) is 71.9 cm³/mol. The lowest BCUT2D eigenvalue weighted by Crippen LogP contribution is -2.35. The van der Waals surface area contributed by atoms with Crippen molar-refractivity contribution in [1.29, 1.82) is 0 Å². The molecule has 0 aromatic heterocycles. The highest BCUT2D eigenvalue weighted by Crippen LogP contribution is 2.21. The Kier molecular flexibility index (Phi) is 7.25. The maximum atomic E-state index is 5.92. The lowest BCUT2D eigenvalue weighted by atomic mass is 9.98. The van der Waals surface area contributed by atoms with Gasteiger partial charge in [0.05, 0.1) is 11.7 Å². The van der Waals surface area contributed by atoms with Gasteiger partial charge in [0.25, 0.3) is 0 Å². The summed E-state index contributed by atoms with van der Waals surface area (Å²) in [7, 11) is 0. The van der Waals surface area contributed by atoms with Crippen molar-refractivity contribution in [3.05, 3.63) is 0 Å². The minimum absolute atomic E-state index is 0.00950. The first-order chi connectivity index (χ1) is 7.32. The van der Waals surface area contributed by atoms with Crippen LogP contribution in [0.2, 0.25) is 0 Å². The fourth-order valence-electron chi connectivity index (χ4n) is 2.28. The average Bonchev–Trinajstić information content (AvgIpc) is 2.15. The third-order valence-corrected chi connectivity index (χ3v) is 3.15. The summed E-state index contributed by atoms with van der Waals surface area (Å²) in [5, 5.41) is 0. The highest BCUT2D eigenvalue weighted by Gasteiger charge is 2.22. The van der Waals surface area contributed by atoms with Gasteiger partial charge in [0.2, 0.25) is 0 Å². The molecule has 0 radical (unpaired) electrons. The largest absolute Gasteiger partial charge is 0.373 e. The van der Waals surface area contributed by atoms with Gasteiger partial charge in [-0.15, -0.1) is 0 Å². The van der Waals surface area contributed by atoms with E-state index in [1.54, 1.807) is 0 Å². The molecule has 1 atom stereocenters. The van der Waals surface area contributed by atoms with Gasteiger partial charge in [0.1, 0.15) is 0 Å². The highest BCUT2D eigenvalue weighted by molar-refractivity contribution is 4.74. The molecule has 0 aromatic carbocycles. The lowest BCUT2D eigenvalue weighted by molar-refractivity contribution is -0.0640. The van der Waals surface area contributed by atoms with Crippen LogP contribution in [-0.4, -0.2) is 35.7 Å². The zero-order valence-electron chi connectivity index (χ0n) is 12.3. The van der Waals surface area contributed by atoms with Crippen molar-refractivity contribution in [3.63, 3.8) is 0 Å². The first-order valence-electron chi connectivity index (χ1n) is 6.74. The quantitative estimate of drug-likeness (QED) is 0.629. The van der Waals surface area contributed by atoms with Crippen LogP contribution in [0.5, 0.6) is 0 Å². The minimum Gasteiger partial charge on any atom is -0.373 e. The van der Waals surface area contributed by atoms with Crippen LogP contribution in [-0.2, 0) is 4.74 Å². The van der Waals surface area contributed by atoms with Gasteiger partial charge in [-0.3, -0.25) is 0 Å². The van der Waals surface area contributed by atoms with E-state index in [0.29, 0.717) is 12.1 Å². The number of rotatable bonds is 8. The molecule has 0 aliphatic carbocycles. The first-order valence-corrected chi connectivity index (χ1v) is 6.74. The van der Waals surface area contributed by atoms with Gasteiger partial charge in [0, 0.05) is 6.04 Å². The second-order valence-corrected chi connectivity index (χ2v) is 5.54. The summed E-state index contributed by atoms with van der Waals surface area (Å²) >= 11 is 0. The van der Waals surface area contributed by atoms with Crippen LogP contribution in [0.1, 0.15) is 61.3 Å². The summed E-state index contributed by atoms with van der Waals surface area (Å²) in [5.74, 6) is 0. The van der Waals surface area contributed by atoms with E-state index in [1.807, 2.05) is 0 Å². The Morgan fingerprint density at radius 2 is 1.56 bits per heavy atom. The number of nitrogens with zero attached hydrogens (tertiary/aromatic N) is 1. The van der Waals surface area contributed by atoms with Gasteiger partial charge in [-0.05, 0) is 60.5 Å². The van der Waals surface area contributed by atoms with Crippen LogP contribution in [0.4, 0.5) is 0 Å². The van der Waals surface area contributed by atoms with Crippen molar-refractivity contribution in [1.82, 2.24) is 4.90 Å². The molecular weight excluding hydrogens is 198 g/mol. The maximum Gasteiger partial charge on any atom is 0.0630 e. The van der Waals surface area contributed by atoms with Crippen LogP contribution in [0.3, 0.4) is 0 Å². The minimum atomic E-state index is 0.00950. The van der Waals surface area contributed by atoms with Crippen molar-refractivity contribution in [3.8, 4) is 0 Å². The summed E-state index contributed by atoms with van der Waals surface area (Å²) in [6.45, 7) is 17.7. The molecule has 0 amide bonds. The molecule has 0 aliphatic rings. The molecule has 0 aliphatic heterocycles. The number of hydrogen-bond acceptors (Lipinski definition) is 2. The molecular formula is C14H31NO. The van der Waals surface area contributed by atoms with Crippen LogP contribution >= 0.6 is 0 Å². The molecule has 0 heterocycles. The molecule has 0 aromatic rings. The zero-order valence-corrected chi connectivity index (χ0v) is 12.3. The van der Waals surface area contributed by atoms with Crippen molar-refractivity contribution in [2.75, 3.05) is 13.1 Å². The topological polar surface area (TPSA) is 12.5 Å². The Hall–Kier alpha value is -0.0800. The third kappa shape index (κ3) is 6.49. The first kappa shape index (κ1) is 15.9. The highest BCUT2D eigenvalue weighted by atomic mass is 16.5. The Labute approximate surface area is 102 Å². The summed E-state index contributed by atoms with van der Waals surface area (Å²) in [6.07, 6.45) is 2.66. The molecule has 98 valence electrons. The molecule has 0 N–H and O–H groups in total. The van der Waals surface area contributed by atoms with Crippen molar-refractivity contribution in [2.24, 2.45) is 0 Å². The molecule has 2 heteroatoms. The Morgan fingerprint density at radius 3 is 1.94 bits per heavy atom. The fraction of sp³-hybridized carbons (Fsp3) is 1.00. The van der Waals surface area contributed by atoms with Crippen LogP contribution < -0.4 is 0 Å². The van der Waals surface area contributed by atoms with Crippen molar-refractivity contribution in [2.45, 2.75) is 79.1 Å². The predicted octanol–water partition coefficient (Wildman–Crippen LogP) is 3.70. The van der Waals surface area contributed by atoms with Crippen molar-refractivity contribution >= 4 is 0 Å². The average molecular weight is 229 g/mol. The Balaban J connectivity index is 4.02. The molecule has 2 nitrogen and oxygen atoms in total. The second kappa shape index (κ2) is 7.29. The zero-order chi connectivity index (χ0) is 12.8. The van der Waals surface area contributed by atoms with Gasteiger partial charge in [-0.1, -0.05) is 13.8 Å². The van der Waals surface area contributed by atoms with Gasteiger partial charge in [-0.25, -0.2) is 0 Å². The molecule has 0 saturated heterocycles. The lowest BCUT2D eigenvalue weighted by Gasteiger charge is -2.32. The van der Waals surface area contributed by atoms with E-state index in [0.717, 1.165) is 19.5 Å². The molecule has 16 heavy (non-hydrogen) atoms. The van der Waals surface area contributed by atoms with Gasteiger partial charge in [0.15, 0.2) is 0 Å². The van der Waals surface area contributed by atoms with Gasteiger partial charge in [-0.2, -0.15) is 0 Å². The normalized spacial score (nSPS) is 14.8. The summed E-state index contributed by atoms with van der Waals surface area (Å²) < 4.78 is 5.92. The van der Waals surface area contributed by atoms with E-state index >= 15 is 0 Å². The molecule has 0 bridgehead atoms. The molecule has 0 spiro atoms. The standard InChI is InChI=1S/C14H31NO/c1-8-15(9-2)13(5)10-11-14(6,7)16-12(3)4/h12-13H,8-11H2,1-7H3. The Bertz CT molecular complexity index is 174. The van der Waals surface area contributed by atoms with E-state index in [-0.39, 0.29) is 5.60 Å². The summed E-state index contributed by atoms with van der Waals surface area (Å²) in [4.78, 5) is 2.51. The SMILES string of the molecule is CCN(CC)C(C)CCC(C)(C)OC(C)C. The van der Waals surface area contributed by atoms with E-state index in [4.69, 9.17) is 4.74 Å². The fourth-order valence-corrected chi connectivity index (χ4v) is 2.28. The van der Waals surface area contributed by atoms with Gasteiger partial charge >= 0.3 is 0 Å². The van der Waals surface area contributed by atoms with E-state index in [9.17, 15) is 0 Å². The van der Waals surface area contributed by atoms with Crippen LogP contribution in [0.25, 0.3) is 0 Å². The van der Waals surface area contributed by atoms with Crippen molar-refractivity contribution < 1.29 is 4.74 Å². The molecule has 0 saturated carbocycles. The maximum absolute atomic E-state index is 5.92. The smallest absolute Gasteiger partial charge is 0.0630 e. The third-order valence-electron chi connectivity index (χ3n) is 3.15. The summed E-state index contributed by atoms with van der Waals surface area (Å²) in [6, 6.07) is 0.657.